The van der Waals surface area contributed by atoms with Crippen LogP contribution in [0.5, 0.6) is 0 Å². The van der Waals surface area contributed by atoms with Crippen LogP contribution in [0.4, 0.5) is 13.2 Å². The molecule has 0 N–H and O–H groups in total. The SMILES string of the molecule is CCOCOC(=O)C1(C(F)(F)F)CC2C=CC1C2. The summed E-state index contributed by atoms with van der Waals surface area (Å²) in [5.41, 5.74) is -2.37. The Morgan fingerprint density at radius 1 is 1.44 bits per heavy atom. The summed E-state index contributed by atoms with van der Waals surface area (Å²) in [5.74, 6) is -2.17. The van der Waals surface area contributed by atoms with Gasteiger partial charge in [-0.05, 0) is 25.7 Å². The smallest absolute Gasteiger partial charge is 0.405 e. The van der Waals surface area contributed by atoms with E-state index in [0.717, 1.165) is 0 Å². The molecule has 0 aromatic rings. The maximum absolute atomic E-state index is 13.3. The topological polar surface area (TPSA) is 35.5 Å². The molecule has 2 aliphatic rings. The number of halogens is 3. The second kappa shape index (κ2) is 4.57. The highest BCUT2D eigenvalue weighted by Crippen LogP contribution is 2.60. The van der Waals surface area contributed by atoms with Gasteiger partial charge in [-0.2, -0.15) is 13.2 Å². The summed E-state index contributed by atoms with van der Waals surface area (Å²) in [6.45, 7) is 1.54. The van der Waals surface area contributed by atoms with Gasteiger partial charge in [0.1, 0.15) is 0 Å². The number of rotatable bonds is 4. The Hall–Kier alpha value is -1.04. The van der Waals surface area contributed by atoms with Gasteiger partial charge in [-0.3, -0.25) is 4.79 Å². The highest BCUT2D eigenvalue weighted by molar-refractivity contribution is 5.79. The third-order valence-corrected chi connectivity index (χ3v) is 3.74. The van der Waals surface area contributed by atoms with E-state index in [-0.39, 0.29) is 18.9 Å². The van der Waals surface area contributed by atoms with Crippen molar-refractivity contribution >= 4 is 5.97 Å². The summed E-state index contributed by atoms with van der Waals surface area (Å²) in [5, 5.41) is 0. The Morgan fingerprint density at radius 2 is 2.17 bits per heavy atom. The quantitative estimate of drug-likeness (QED) is 0.339. The van der Waals surface area contributed by atoms with Gasteiger partial charge in [0.2, 0.25) is 0 Å². The lowest BCUT2D eigenvalue weighted by Gasteiger charge is -2.34. The molecule has 0 radical (unpaired) electrons. The molecule has 6 heteroatoms. The number of ether oxygens (including phenoxy) is 2. The molecule has 0 amide bonds. The van der Waals surface area contributed by atoms with Crippen molar-refractivity contribution in [2.75, 3.05) is 13.4 Å². The van der Waals surface area contributed by atoms with E-state index in [4.69, 9.17) is 4.74 Å². The van der Waals surface area contributed by atoms with Crippen LogP contribution in [0.25, 0.3) is 0 Å². The van der Waals surface area contributed by atoms with E-state index >= 15 is 0 Å². The average Bonchev–Trinajstić information content (AvgIpc) is 2.88. The second-order valence-electron chi connectivity index (χ2n) is 4.70. The first-order valence-corrected chi connectivity index (χ1v) is 5.92. The molecular formula is C12H15F3O3. The third-order valence-electron chi connectivity index (χ3n) is 3.74. The van der Waals surface area contributed by atoms with Crippen LogP contribution >= 0.6 is 0 Å². The number of carbonyl (C=O) groups excluding carboxylic acids is 1. The first-order valence-electron chi connectivity index (χ1n) is 5.92. The summed E-state index contributed by atoms with van der Waals surface area (Å²) in [4.78, 5) is 11.8. The van der Waals surface area contributed by atoms with Crippen molar-refractivity contribution in [1.29, 1.82) is 0 Å². The minimum absolute atomic E-state index is 0.170. The molecule has 3 atom stereocenters. The fourth-order valence-corrected chi connectivity index (χ4v) is 2.84. The van der Waals surface area contributed by atoms with Crippen molar-refractivity contribution in [1.82, 2.24) is 0 Å². The molecule has 0 heterocycles. The van der Waals surface area contributed by atoms with E-state index in [0.29, 0.717) is 6.42 Å². The van der Waals surface area contributed by atoms with Gasteiger partial charge in [-0.1, -0.05) is 12.2 Å². The molecule has 0 spiro atoms. The molecule has 102 valence electrons. The fourth-order valence-electron chi connectivity index (χ4n) is 2.84. The second-order valence-corrected chi connectivity index (χ2v) is 4.70. The molecule has 1 fully saturated rings. The zero-order valence-corrected chi connectivity index (χ0v) is 10.00. The number of carbonyl (C=O) groups is 1. The highest BCUT2D eigenvalue weighted by atomic mass is 19.4. The Labute approximate surface area is 103 Å². The first-order chi connectivity index (χ1) is 8.41. The van der Waals surface area contributed by atoms with E-state index in [1.54, 1.807) is 13.0 Å². The van der Waals surface area contributed by atoms with E-state index < -0.39 is 30.3 Å². The molecule has 3 nitrogen and oxygen atoms in total. The first kappa shape index (κ1) is 13.4. The van der Waals surface area contributed by atoms with Crippen LogP contribution in [-0.2, 0) is 14.3 Å². The zero-order chi connectivity index (χ0) is 13.4. The monoisotopic (exact) mass is 264 g/mol. The molecule has 0 aliphatic heterocycles. The van der Waals surface area contributed by atoms with Crippen LogP contribution in [0.15, 0.2) is 12.2 Å². The molecule has 18 heavy (non-hydrogen) atoms. The average molecular weight is 264 g/mol. The number of alkyl halides is 3. The largest absolute Gasteiger partial charge is 0.438 e. The molecule has 0 saturated heterocycles. The summed E-state index contributed by atoms with van der Waals surface area (Å²) >= 11 is 0. The number of fused-ring (bicyclic) bond motifs is 2. The summed E-state index contributed by atoms with van der Waals surface area (Å²) < 4.78 is 49.2. The molecule has 2 rings (SSSR count). The van der Waals surface area contributed by atoms with Gasteiger partial charge in [0, 0.05) is 12.5 Å². The van der Waals surface area contributed by atoms with Crippen LogP contribution < -0.4 is 0 Å². The van der Waals surface area contributed by atoms with Gasteiger partial charge >= 0.3 is 12.1 Å². The van der Waals surface area contributed by atoms with Gasteiger partial charge in [0.05, 0.1) is 0 Å². The standard InChI is InChI=1S/C12H15F3O3/c1-2-17-7-18-10(16)11(12(13,14)15)6-8-3-4-9(11)5-8/h3-4,8-9H,2,5-7H2,1H3. The van der Waals surface area contributed by atoms with Crippen molar-refractivity contribution in [2.45, 2.75) is 25.9 Å². The number of hydrogen-bond donors (Lipinski definition) is 0. The number of hydrogen-bond acceptors (Lipinski definition) is 3. The van der Waals surface area contributed by atoms with Crippen LogP contribution in [0.1, 0.15) is 19.8 Å². The Kier molecular flexibility index (Phi) is 3.40. The van der Waals surface area contributed by atoms with Crippen LogP contribution in [0.3, 0.4) is 0 Å². The van der Waals surface area contributed by atoms with Crippen molar-refractivity contribution in [2.24, 2.45) is 17.3 Å². The minimum Gasteiger partial charge on any atom is -0.438 e. The molecular weight excluding hydrogens is 249 g/mol. The van der Waals surface area contributed by atoms with Gasteiger partial charge in [-0.15, -0.1) is 0 Å². The fraction of sp³-hybridized carbons (Fsp3) is 0.750. The molecule has 3 unspecified atom stereocenters. The Balaban J connectivity index is 2.17. The van der Waals surface area contributed by atoms with Gasteiger partial charge in [0.15, 0.2) is 12.2 Å². The van der Waals surface area contributed by atoms with Crippen LogP contribution in [0.2, 0.25) is 0 Å². The Bertz CT molecular complexity index is 364. The normalized spacial score (nSPS) is 34.0. The van der Waals surface area contributed by atoms with Crippen molar-refractivity contribution in [3.8, 4) is 0 Å². The minimum atomic E-state index is -4.58. The van der Waals surface area contributed by atoms with Gasteiger partial charge in [0.25, 0.3) is 0 Å². The zero-order valence-electron chi connectivity index (χ0n) is 10.00. The predicted octanol–water partition coefficient (Wildman–Crippen LogP) is 2.67. The number of esters is 1. The van der Waals surface area contributed by atoms with Crippen LogP contribution in [0, 0.1) is 17.3 Å². The van der Waals surface area contributed by atoms with Crippen molar-refractivity contribution in [3.05, 3.63) is 12.2 Å². The maximum Gasteiger partial charge on any atom is 0.405 e. The van der Waals surface area contributed by atoms with E-state index in [1.165, 1.54) is 6.08 Å². The van der Waals surface area contributed by atoms with Crippen molar-refractivity contribution in [3.63, 3.8) is 0 Å². The lowest BCUT2D eigenvalue weighted by Crippen LogP contribution is -2.49. The Morgan fingerprint density at radius 3 is 2.61 bits per heavy atom. The highest BCUT2D eigenvalue weighted by Gasteiger charge is 2.69. The lowest BCUT2D eigenvalue weighted by atomic mass is 9.75. The maximum atomic E-state index is 13.3. The molecule has 2 bridgehead atoms. The predicted molar refractivity (Wildman–Crippen MR) is 56.4 cm³/mol. The van der Waals surface area contributed by atoms with Crippen LogP contribution in [-0.4, -0.2) is 25.5 Å². The molecule has 0 aromatic heterocycles. The summed E-state index contributed by atoms with van der Waals surface area (Å²) in [6, 6.07) is 0. The molecule has 0 aromatic carbocycles. The molecule has 1 saturated carbocycles. The number of allylic oxidation sites excluding steroid dienone is 2. The summed E-state index contributed by atoms with van der Waals surface area (Å²) in [7, 11) is 0. The third kappa shape index (κ3) is 1.92. The van der Waals surface area contributed by atoms with Gasteiger partial charge in [-0.25, -0.2) is 0 Å². The molecule has 2 aliphatic carbocycles. The van der Waals surface area contributed by atoms with E-state index in [9.17, 15) is 18.0 Å². The van der Waals surface area contributed by atoms with Gasteiger partial charge < -0.3 is 9.47 Å². The van der Waals surface area contributed by atoms with Crippen molar-refractivity contribution < 1.29 is 27.4 Å². The lowest BCUT2D eigenvalue weighted by molar-refractivity contribution is -0.246. The summed E-state index contributed by atoms with van der Waals surface area (Å²) in [6.07, 6.45) is -1.17. The van der Waals surface area contributed by atoms with E-state index in [2.05, 4.69) is 4.74 Å². The van der Waals surface area contributed by atoms with E-state index in [1.807, 2.05) is 0 Å².